The van der Waals surface area contributed by atoms with Crippen molar-refractivity contribution >= 4 is 16.0 Å². The van der Waals surface area contributed by atoms with E-state index in [1.54, 1.807) is 12.1 Å². The molecule has 2 aliphatic rings. The van der Waals surface area contributed by atoms with Crippen LogP contribution < -0.4 is 5.14 Å². The fraction of sp³-hybridized carbons (Fsp3) is 0.533. The summed E-state index contributed by atoms with van der Waals surface area (Å²) in [7, 11) is -3.73. The molecule has 1 aromatic carbocycles. The van der Waals surface area contributed by atoms with Gasteiger partial charge >= 0.3 is 5.97 Å². The van der Waals surface area contributed by atoms with E-state index in [1.807, 2.05) is 0 Å². The number of nitrogens with two attached hydrogens (primary N) is 1. The number of sulfonamides is 1. The van der Waals surface area contributed by atoms with Crippen molar-refractivity contribution in [2.24, 2.45) is 22.9 Å². The third-order valence-corrected chi connectivity index (χ3v) is 5.56. The van der Waals surface area contributed by atoms with Crippen molar-refractivity contribution < 1.29 is 17.9 Å². The molecule has 0 aromatic heterocycles. The molecule has 0 heterocycles. The highest BCUT2D eigenvalue weighted by atomic mass is 32.2. The van der Waals surface area contributed by atoms with Crippen molar-refractivity contribution in [2.45, 2.75) is 37.2 Å². The molecular weight excluding hydrogens is 290 g/mol. The van der Waals surface area contributed by atoms with Gasteiger partial charge in [-0.3, -0.25) is 4.79 Å². The molecule has 3 rings (SSSR count). The van der Waals surface area contributed by atoms with E-state index in [0.717, 1.165) is 19.3 Å². The number of esters is 1. The molecule has 2 fully saturated rings. The summed E-state index contributed by atoms with van der Waals surface area (Å²) in [6.45, 7) is 0.0933. The predicted octanol–water partition coefficient (Wildman–Crippen LogP) is 1.81. The van der Waals surface area contributed by atoms with Crippen molar-refractivity contribution in [2.75, 3.05) is 0 Å². The van der Waals surface area contributed by atoms with E-state index in [1.165, 1.54) is 18.6 Å². The van der Waals surface area contributed by atoms with Gasteiger partial charge in [-0.25, -0.2) is 13.6 Å². The largest absolute Gasteiger partial charge is 0.461 e. The minimum absolute atomic E-state index is 0.0326. The van der Waals surface area contributed by atoms with Crippen LogP contribution >= 0.6 is 0 Å². The number of carbonyl (C=O) groups is 1. The number of ether oxygens (including phenoxy) is 1. The SMILES string of the molecule is NS(=O)(=O)c1cccc(COC(=O)C2CC3CCC2C3)c1. The van der Waals surface area contributed by atoms with Gasteiger partial charge in [0, 0.05) is 0 Å². The zero-order chi connectivity index (χ0) is 15.0. The fourth-order valence-electron chi connectivity index (χ4n) is 3.61. The van der Waals surface area contributed by atoms with Crippen molar-refractivity contribution in [1.82, 2.24) is 0 Å². The third kappa shape index (κ3) is 3.11. The lowest BCUT2D eigenvalue weighted by Crippen LogP contribution is -2.23. The zero-order valence-electron chi connectivity index (χ0n) is 11.7. The van der Waals surface area contributed by atoms with Gasteiger partial charge in [0.25, 0.3) is 0 Å². The molecule has 6 heteroatoms. The van der Waals surface area contributed by atoms with Crippen LogP contribution in [0, 0.1) is 17.8 Å². The molecule has 3 unspecified atom stereocenters. The van der Waals surface area contributed by atoms with Crippen LogP contribution in [0.2, 0.25) is 0 Å². The summed E-state index contributed by atoms with van der Waals surface area (Å²) in [5, 5.41) is 5.09. The maximum absolute atomic E-state index is 12.1. The van der Waals surface area contributed by atoms with E-state index in [2.05, 4.69) is 0 Å². The van der Waals surface area contributed by atoms with Crippen molar-refractivity contribution in [3.8, 4) is 0 Å². The summed E-state index contributed by atoms with van der Waals surface area (Å²) in [4.78, 5) is 12.2. The standard InChI is InChI=1S/C15H19NO4S/c16-21(18,19)13-3-1-2-11(7-13)9-20-15(17)14-8-10-4-5-12(14)6-10/h1-3,7,10,12,14H,4-6,8-9H2,(H2,16,18,19). The minimum Gasteiger partial charge on any atom is -0.461 e. The smallest absolute Gasteiger partial charge is 0.309 e. The van der Waals surface area contributed by atoms with Crippen molar-refractivity contribution in [1.29, 1.82) is 0 Å². The van der Waals surface area contributed by atoms with Gasteiger partial charge < -0.3 is 4.74 Å². The molecular formula is C15H19NO4S. The second-order valence-corrected chi connectivity index (χ2v) is 7.64. The van der Waals surface area contributed by atoms with E-state index >= 15 is 0 Å². The van der Waals surface area contributed by atoms with Gasteiger partial charge in [-0.2, -0.15) is 0 Å². The van der Waals surface area contributed by atoms with Crippen molar-refractivity contribution in [3.63, 3.8) is 0 Å². The minimum atomic E-state index is -3.73. The molecule has 1 aromatic rings. The lowest BCUT2D eigenvalue weighted by atomic mass is 9.89. The van der Waals surface area contributed by atoms with Crippen LogP contribution in [0.1, 0.15) is 31.2 Å². The molecule has 2 aliphatic carbocycles. The van der Waals surface area contributed by atoms with Gasteiger partial charge in [0.1, 0.15) is 6.61 Å². The first-order valence-corrected chi connectivity index (χ1v) is 8.76. The summed E-state index contributed by atoms with van der Waals surface area (Å²) in [5.74, 6) is 1.06. The summed E-state index contributed by atoms with van der Waals surface area (Å²) in [5.41, 5.74) is 0.637. The Balaban J connectivity index is 1.61. The Morgan fingerprint density at radius 1 is 1.29 bits per heavy atom. The molecule has 21 heavy (non-hydrogen) atoms. The number of hydrogen-bond acceptors (Lipinski definition) is 4. The molecule has 2 bridgehead atoms. The first-order chi connectivity index (χ1) is 9.93. The lowest BCUT2D eigenvalue weighted by molar-refractivity contribution is -0.151. The third-order valence-electron chi connectivity index (χ3n) is 4.65. The first kappa shape index (κ1) is 14.5. The Bertz CT molecular complexity index is 655. The second-order valence-electron chi connectivity index (χ2n) is 6.08. The van der Waals surface area contributed by atoms with E-state index < -0.39 is 10.0 Å². The highest BCUT2D eigenvalue weighted by Gasteiger charge is 2.43. The number of benzene rings is 1. The monoisotopic (exact) mass is 309 g/mol. The van der Waals surface area contributed by atoms with Gasteiger partial charge in [0.2, 0.25) is 10.0 Å². The zero-order valence-corrected chi connectivity index (χ0v) is 12.5. The van der Waals surface area contributed by atoms with Crippen LogP contribution in [0.25, 0.3) is 0 Å². The van der Waals surface area contributed by atoms with Gasteiger partial charge in [-0.1, -0.05) is 18.6 Å². The van der Waals surface area contributed by atoms with Gasteiger partial charge in [-0.05, 0) is 48.8 Å². The number of fused-ring (bicyclic) bond motifs is 2. The Hall–Kier alpha value is -1.40. The summed E-state index contributed by atoms with van der Waals surface area (Å²) < 4.78 is 27.9. The van der Waals surface area contributed by atoms with Crippen molar-refractivity contribution in [3.05, 3.63) is 29.8 Å². The summed E-state index contributed by atoms with van der Waals surface area (Å²) in [6, 6.07) is 6.20. The molecule has 2 saturated carbocycles. The normalized spacial score (nSPS) is 27.8. The van der Waals surface area contributed by atoms with Crippen LogP contribution in [0.5, 0.6) is 0 Å². The average molecular weight is 309 g/mol. The second kappa shape index (κ2) is 5.42. The Morgan fingerprint density at radius 2 is 2.10 bits per heavy atom. The molecule has 2 N–H and O–H groups in total. The molecule has 3 atom stereocenters. The number of hydrogen-bond donors (Lipinski definition) is 1. The molecule has 0 spiro atoms. The Labute approximate surface area is 124 Å². The first-order valence-electron chi connectivity index (χ1n) is 7.22. The van der Waals surface area contributed by atoms with E-state index in [0.29, 0.717) is 17.4 Å². The van der Waals surface area contributed by atoms with Crippen LogP contribution in [0.4, 0.5) is 0 Å². The highest BCUT2D eigenvalue weighted by molar-refractivity contribution is 7.89. The summed E-state index contributed by atoms with van der Waals surface area (Å²) in [6.07, 6.45) is 4.47. The Morgan fingerprint density at radius 3 is 2.71 bits per heavy atom. The molecule has 0 radical (unpaired) electrons. The van der Waals surface area contributed by atoms with Gasteiger partial charge in [0.05, 0.1) is 10.8 Å². The van der Waals surface area contributed by atoms with E-state index in [9.17, 15) is 13.2 Å². The average Bonchev–Trinajstić information content (AvgIpc) is 3.07. The number of carbonyl (C=O) groups excluding carboxylic acids is 1. The van der Waals surface area contributed by atoms with Crippen LogP contribution in [0.3, 0.4) is 0 Å². The quantitative estimate of drug-likeness (QED) is 0.859. The fourth-order valence-corrected chi connectivity index (χ4v) is 4.19. The number of rotatable bonds is 4. The maximum Gasteiger partial charge on any atom is 0.309 e. The molecule has 5 nitrogen and oxygen atoms in total. The van der Waals surface area contributed by atoms with Crippen LogP contribution in [-0.4, -0.2) is 14.4 Å². The summed E-state index contributed by atoms with van der Waals surface area (Å²) >= 11 is 0. The van der Waals surface area contributed by atoms with E-state index in [4.69, 9.17) is 9.88 Å². The molecule has 114 valence electrons. The molecule has 0 saturated heterocycles. The molecule has 0 aliphatic heterocycles. The predicted molar refractivity (Wildman–Crippen MR) is 76.5 cm³/mol. The molecule has 0 amide bonds. The topological polar surface area (TPSA) is 86.5 Å². The van der Waals surface area contributed by atoms with Gasteiger partial charge in [-0.15, -0.1) is 0 Å². The van der Waals surface area contributed by atoms with Crippen LogP contribution in [0.15, 0.2) is 29.2 Å². The number of primary sulfonamides is 1. The van der Waals surface area contributed by atoms with Crippen LogP contribution in [-0.2, 0) is 26.2 Å². The highest BCUT2D eigenvalue weighted by Crippen LogP contribution is 2.48. The van der Waals surface area contributed by atoms with Gasteiger partial charge in [0.15, 0.2) is 0 Å². The Kier molecular flexibility index (Phi) is 3.75. The lowest BCUT2D eigenvalue weighted by Gasteiger charge is -2.19. The van der Waals surface area contributed by atoms with E-state index in [-0.39, 0.29) is 23.4 Å². The maximum atomic E-state index is 12.1.